The molecule has 6 nitrogen and oxygen atoms in total. The second-order valence-corrected chi connectivity index (χ2v) is 5.79. The molecule has 0 aromatic carbocycles. The standard InChI is InChI=1S/C18H22N4O2/c1-12-8-14(3)22(18(23)17(12)10-19)20-11-16-9-13(2)21(15(16)4)6-7-24-5/h8-9,11H,6-7H2,1-5H3/b20-11+. The maximum atomic E-state index is 12.4. The number of hydrogen-bond donors (Lipinski definition) is 0. The lowest BCUT2D eigenvalue weighted by Crippen LogP contribution is -2.22. The first-order valence-electron chi connectivity index (χ1n) is 7.74. The Morgan fingerprint density at radius 1 is 1.25 bits per heavy atom. The van der Waals surface area contributed by atoms with Gasteiger partial charge in [0.1, 0.15) is 11.6 Å². The van der Waals surface area contributed by atoms with Gasteiger partial charge in [-0.3, -0.25) is 4.79 Å². The largest absolute Gasteiger partial charge is 0.383 e. The molecule has 0 saturated heterocycles. The molecule has 0 radical (unpaired) electrons. The fourth-order valence-corrected chi connectivity index (χ4v) is 2.77. The van der Waals surface area contributed by atoms with Crippen LogP contribution in [0.2, 0.25) is 0 Å². The molecule has 24 heavy (non-hydrogen) atoms. The van der Waals surface area contributed by atoms with Gasteiger partial charge in [0.05, 0.1) is 12.8 Å². The van der Waals surface area contributed by atoms with Crippen molar-refractivity contribution < 1.29 is 4.74 Å². The third kappa shape index (κ3) is 3.31. The van der Waals surface area contributed by atoms with Crippen LogP contribution in [0.25, 0.3) is 0 Å². The number of nitrogens with zero attached hydrogens (tertiary/aromatic N) is 4. The number of aryl methyl sites for hydroxylation is 3. The van der Waals surface area contributed by atoms with Gasteiger partial charge >= 0.3 is 0 Å². The van der Waals surface area contributed by atoms with Crippen molar-refractivity contribution in [1.29, 1.82) is 5.26 Å². The van der Waals surface area contributed by atoms with Crippen LogP contribution in [0.5, 0.6) is 0 Å². The zero-order valence-corrected chi connectivity index (χ0v) is 14.8. The molecule has 0 saturated carbocycles. The lowest BCUT2D eigenvalue weighted by molar-refractivity contribution is 0.186. The van der Waals surface area contributed by atoms with Crippen molar-refractivity contribution in [2.75, 3.05) is 13.7 Å². The molecule has 2 aromatic rings. The average Bonchev–Trinajstić information content (AvgIpc) is 2.79. The minimum atomic E-state index is -0.389. The molecular weight excluding hydrogens is 304 g/mol. The van der Waals surface area contributed by atoms with Crippen LogP contribution in [0.15, 0.2) is 22.0 Å². The van der Waals surface area contributed by atoms with Crippen LogP contribution < -0.4 is 5.56 Å². The van der Waals surface area contributed by atoms with Gasteiger partial charge in [-0.05, 0) is 45.4 Å². The van der Waals surface area contributed by atoms with Crippen molar-refractivity contribution in [1.82, 2.24) is 9.24 Å². The number of hydrogen-bond acceptors (Lipinski definition) is 4. The predicted octanol–water partition coefficient (Wildman–Crippen LogP) is 2.28. The summed E-state index contributed by atoms with van der Waals surface area (Å²) < 4.78 is 8.55. The van der Waals surface area contributed by atoms with E-state index in [2.05, 4.69) is 9.67 Å². The highest BCUT2D eigenvalue weighted by Gasteiger charge is 2.10. The van der Waals surface area contributed by atoms with Crippen LogP contribution in [-0.4, -0.2) is 29.2 Å². The van der Waals surface area contributed by atoms with E-state index in [0.717, 1.165) is 23.5 Å². The highest BCUT2D eigenvalue weighted by molar-refractivity contribution is 5.81. The fourth-order valence-electron chi connectivity index (χ4n) is 2.77. The molecule has 2 rings (SSSR count). The first-order chi connectivity index (χ1) is 11.4. The van der Waals surface area contributed by atoms with Crippen LogP contribution in [0, 0.1) is 39.0 Å². The summed E-state index contributed by atoms with van der Waals surface area (Å²) in [4.78, 5) is 12.4. The Kier molecular flexibility index (Phi) is 5.37. The van der Waals surface area contributed by atoms with Crippen molar-refractivity contribution >= 4 is 6.21 Å². The molecule has 0 aliphatic rings. The summed E-state index contributed by atoms with van der Waals surface area (Å²) in [5.74, 6) is 0. The van der Waals surface area contributed by atoms with Crippen molar-refractivity contribution in [2.24, 2.45) is 5.10 Å². The number of nitriles is 1. The van der Waals surface area contributed by atoms with E-state index < -0.39 is 0 Å². The Morgan fingerprint density at radius 3 is 2.58 bits per heavy atom. The molecule has 0 spiro atoms. The first-order valence-corrected chi connectivity index (χ1v) is 7.74. The molecule has 2 aromatic heterocycles. The van der Waals surface area contributed by atoms with Gasteiger partial charge in [-0.2, -0.15) is 10.4 Å². The number of ether oxygens (including phenoxy) is 1. The smallest absolute Gasteiger partial charge is 0.289 e. The molecule has 6 heteroatoms. The zero-order chi connectivity index (χ0) is 17.9. The lowest BCUT2D eigenvalue weighted by atomic mass is 10.1. The average molecular weight is 326 g/mol. The van der Waals surface area contributed by atoms with Gasteiger partial charge in [-0.1, -0.05) is 0 Å². The lowest BCUT2D eigenvalue weighted by Gasteiger charge is -2.08. The number of pyridine rings is 1. The van der Waals surface area contributed by atoms with Gasteiger partial charge in [-0.15, -0.1) is 0 Å². The van der Waals surface area contributed by atoms with Crippen LogP contribution in [-0.2, 0) is 11.3 Å². The van der Waals surface area contributed by atoms with E-state index in [9.17, 15) is 4.79 Å². The topological polar surface area (TPSA) is 72.3 Å². The third-order valence-corrected chi connectivity index (χ3v) is 4.12. The molecule has 0 fully saturated rings. The Balaban J connectivity index is 2.43. The summed E-state index contributed by atoms with van der Waals surface area (Å²) >= 11 is 0. The van der Waals surface area contributed by atoms with Crippen LogP contribution in [0.4, 0.5) is 0 Å². The third-order valence-electron chi connectivity index (χ3n) is 4.12. The summed E-state index contributed by atoms with van der Waals surface area (Å²) in [6, 6.07) is 5.76. The Bertz CT molecular complexity index is 882. The Hall–Kier alpha value is -2.65. The van der Waals surface area contributed by atoms with E-state index in [4.69, 9.17) is 10.00 Å². The number of rotatable bonds is 5. The maximum absolute atomic E-state index is 12.4. The minimum absolute atomic E-state index is 0.128. The van der Waals surface area contributed by atoms with Crippen molar-refractivity contribution in [2.45, 2.75) is 34.2 Å². The van der Waals surface area contributed by atoms with E-state index in [-0.39, 0.29) is 11.1 Å². The van der Waals surface area contributed by atoms with Gasteiger partial charge in [0.15, 0.2) is 0 Å². The maximum Gasteiger partial charge on any atom is 0.289 e. The SMILES string of the molecule is COCCn1c(C)cc(/C=N/n2c(C)cc(C)c(C#N)c2=O)c1C. The Morgan fingerprint density at radius 2 is 1.96 bits per heavy atom. The summed E-state index contributed by atoms with van der Waals surface area (Å²) in [5.41, 5.74) is 4.21. The van der Waals surface area contributed by atoms with Gasteiger partial charge in [0.2, 0.25) is 0 Å². The van der Waals surface area contributed by atoms with Crippen molar-refractivity contribution in [3.05, 3.63) is 56.3 Å². The van der Waals surface area contributed by atoms with E-state index >= 15 is 0 Å². The summed E-state index contributed by atoms with van der Waals surface area (Å²) in [5, 5.41) is 13.4. The second kappa shape index (κ2) is 7.28. The second-order valence-electron chi connectivity index (χ2n) is 5.79. The fraction of sp³-hybridized carbons (Fsp3) is 0.389. The predicted molar refractivity (Wildman–Crippen MR) is 93.7 cm³/mol. The van der Waals surface area contributed by atoms with E-state index in [1.54, 1.807) is 33.2 Å². The van der Waals surface area contributed by atoms with E-state index in [1.807, 2.05) is 26.0 Å². The van der Waals surface area contributed by atoms with Gasteiger partial charge in [-0.25, -0.2) is 4.68 Å². The molecule has 0 atom stereocenters. The number of methoxy groups -OCH3 is 1. The zero-order valence-electron chi connectivity index (χ0n) is 14.8. The quantitative estimate of drug-likeness (QED) is 0.791. The Labute approximate surface area is 141 Å². The van der Waals surface area contributed by atoms with Gasteiger partial charge in [0, 0.05) is 36.3 Å². The molecule has 126 valence electrons. The van der Waals surface area contributed by atoms with Crippen LogP contribution >= 0.6 is 0 Å². The molecule has 2 heterocycles. The molecule has 0 bridgehead atoms. The first kappa shape index (κ1) is 17.7. The van der Waals surface area contributed by atoms with Crippen LogP contribution in [0.3, 0.4) is 0 Å². The molecule has 0 N–H and O–H groups in total. The van der Waals surface area contributed by atoms with Crippen molar-refractivity contribution in [3.8, 4) is 6.07 Å². The number of aromatic nitrogens is 2. The monoisotopic (exact) mass is 326 g/mol. The van der Waals surface area contributed by atoms with E-state index in [0.29, 0.717) is 17.9 Å². The van der Waals surface area contributed by atoms with Crippen molar-refractivity contribution in [3.63, 3.8) is 0 Å². The summed E-state index contributed by atoms with van der Waals surface area (Å²) in [7, 11) is 1.68. The minimum Gasteiger partial charge on any atom is -0.383 e. The summed E-state index contributed by atoms with van der Waals surface area (Å²) in [6.45, 7) is 8.99. The van der Waals surface area contributed by atoms with Crippen LogP contribution in [0.1, 0.15) is 33.8 Å². The highest BCUT2D eigenvalue weighted by Crippen LogP contribution is 2.13. The van der Waals surface area contributed by atoms with Gasteiger partial charge < -0.3 is 9.30 Å². The van der Waals surface area contributed by atoms with E-state index in [1.165, 1.54) is 4.68 Å². The molecule has 0 aliphatic heterocycles. The van der Waals surface area contributed by atoms with Gasteiger partial charge in [0.25, 0.3) is 5.56 Å². The molecular formula is C18H22N4O2. The molecule has 0 amide bonds. The highest BCUT2D eigenvalue weighted by atomic mass is 16.5. The summed E-state index contributed by atoms with van der Waals surface area (Å²) in [6.07, 6.45) is 1.66. The molecule has 0 aliphatic carbocycles. The normalized spacial score (nSPS) is 11.2. The molecule has 0 unspecified atom stereocenters.